The van der Waals surface area contributed by atoms with Gasteiger partial charge in [-0.2, -0.15) is 0 Å². The predicted molar refractivity (Wildman–Crippen MR) is 58.1 cm³/mol. The molecule has 5 nitrogen and oxygen atoms in total. The number of nitrogens with two attached hydrogens (primary N) is 1. The minimum Gasteiger partial charge on any atom is -0.478 e. The summed E-state index contributed by atoms with van der Waals surface area (Å²) >= 11 is 0. The molecule has 0 atom stereocenters. The Kier molecular flexibility index (Phi) is 4.05. The fraction of sp³-hybridized carbons (Fsp3) is 0.400. The largest absolute Gasteiger partial charge is 0.478 e. The Hall–Kier alpha value is -1.62. The van der Waals surface area contributed by atoms with Crippen LogP contribution < -0.4 is 11.1 Å². The van der Waals surface area contributed by atoms with Gasteiger partial charge in [0.25, 0.3) is 0 Å². The summed E-state index contributed by atoms with van der Waals surface area (Å²) in [4.78, 5) is 14.8. The average Bonchev–Trinajstić information content (AvgIpc) is 2.18. The van der Waals surface area contributed by atoms with Crippen molar-refractivity contribution in [2.24, 2.45) is 5.73 Å². The van der Waals surface area contributed by atoms with Crippen LogP contribution >= 0.6 is 0 Å². The summed E-state index contributed by atoms with van der Waals surface area (Å²) in [6.07, 6.45) is 2.17. The van der Waals surface area contributed by atoms with Crippen molar-refractivity contribution in [1.82, 2.24) is 4.98 Å². The molecule has 0 amide bonds. The van der Waals surface area contributed by atoms with Crippen molar-refractivity contribution >= 4 is 11.7 Å². The Labute approximate surface area is 88.3 Å². The van der Waals surface area contributed by atoms with Gasteiger partial charge >= 0.3 is 5.97 Å². The maximum absolute atomic E-state index is 10.9. The van der Waals surface area contributed by atoms with Gasteiger partial charge in [-0.05, 0) is 26.0 Å². The second kappa shape index (κ2) is 5.31. The van der Waals surface area contributed by atoms with Crippen molar-refractivity contribution in [2.45, 2.75) is 13.3 Å². The molecule has 0 unspecified atom stereocenters. The van der Waals surface area contributed by atoms with E-state index in [0.29, 0.717) is 18.8 Å². The lowest BCUT2D eigenvalue weighted by Crippen LogP contribution is -2.12. The van der Waals surface area contributed by atoms with Gasteiger partial charge in [0.2, 0.25) is 0 Å². The van der Waals surface area contributed by atoms with Crippen LogP contribution in [0.4, 0.5) is 5.69 Å². The molecule has 0 spiro atoms. The molecule has 15 heavy (non-hydrogen) atoms. The summed E-state index contributed by atoms with van der Waals surface area (Å²) in [6, 6.07) is 1.72. The van der Waals surface area contributed by atoms with Gasteiger partial charge in [0.05, 0.1) is 5.69 Å². The number of anilines is 1. The second-order valence-corrected chi connectivity index (χ2v) is 3.25. The third-order valence-electron chi connectivity index (χ3n) is 1.97. The van der Waals surface area contributed by atoms with Crippen molar-refractivity contribution in [3.63, 3.8) is 0 Å². The van der Waals surface area contributed by atoms with Gasteiger partial charge in [-0.15, -0.1) is 0 Å². The van der Waals surface area contributed by atoms with Gasteiger partial charge < -0.3 is 16.2 Å². The first-order valence-electron chi connectivity index (χ1n) is 4.79. The molecule has 1 heterocycles. The van der Waals surface area contributed by atoms with Gasteiger partial charge in [-0.3, -0.25) is 4.98 Å². The molecule has 1 rings (SSSR count). The number of aromatic carboxylic acids is 1. The molecule has 0 aliphatic heterocycles. The Bertz CT molecular complexity index is 353. The molecule has 4 N–H and O–H groups in total. The number of aryl methyl sites for hydroxylation is 1. The van der Waals surface area contributed by atoms with Crippen molar-refractivity contribution in [1.29, 1.82) is 0 Å². The SMILES string of the molecule is Cc1cc(NCCCN)c(C(=O)O)cn1. The van der Waals surface area contributed by atoms with Crippen LogP contribution in [0.2, 0.25) is 0 Å². The molecule has 0 saturated heterocycles. The summed E-state index contributed by atoms with van der Waals surface area (Å²) in [5.74, 6) is -0.974. The summed E-state index contributed by atoms with van der Waals surface area (Å²) in [5.41, 5.74) is 6.93. The summed E-state index contributed by atoms with van der Waals surface area (Å²) in [5, 5.41) is 11.9. The van der Waals surface area contributed by atoms with Crippen LogP contribution in [-0.4, -0.2) is 29.1 Å². The Morgan fingerprint density at radius 3 is 3.00 bits per heavy atom. The van der Waals surface area contributed by atoms with Crippen molar-refractivity contribution in [3.05, 3.63) is 23.5 Å². The van der Waals surface area contributed by atoms with Gasteiger partial charge in [0.1, 0.15) is 5.56 Å². The first kappa shape index (κ1) is 11.5. The molecule has 0 aromatic carbocycles. The summed E-state index contributed by atoms with van der Waals surface area (Å²) in [6.45, 7) is 3.07. The fourth-order valence-electron chi connectivity index (χ4n) is 1.20. The van der Waals surface area contributed by atoms with Gasteiger partial charge in [-0.25, -0.2) is 4.79 Å². The molecule has 1 aromatic rings. The van der Waals surface area contributed by atoms with E-state index in [-0.39, 0.29) is 5.56 Å². The normalized spacial score (nSPS) is 10.0. The highest BCUT2D eigenvalue weighted by Crippen LogP contribution is 2.15. The van der Waals surface area contributed by atoms with Crippen LogP contribution in [0.1, 0.15) is 22.5 Å². The molecule has 0 saturated carbocycles. The molecular formula is C10H15N3O2. The zero-order valence-corrected chi connectivity index (χ0v) is 8.66. The van der Waals surface area contributed by atoms with Gasteiger partial charge in [-0.1, -0.05) is 0 Å². The summed E-state index contributed by atoms with van der Waals surface area (Å²) < 4.78 is 0. The first-order valence-corrected chi connectivity index (χ1v) is 4.79. The highest BCUT2D eigenvalue weighted by atomic mass is 16.4. The van der Waals surface area contributed by atoms with Crippen LogP contribution in [-0.2, 0) is 0 Å². The Balaban J connectivity index is 2.82. The topological polar surface area (TPSA) is 88.2 Å². The van der Waals surface area contributed by atoms with E-state index in [4.69, 9.17) is 10.8 Å². The van der Waals surface area contributed by atoms with Crippen molar-refractivity contribution in [2.75, 3.05) is 18.4 Å². The van der Waals surface area contributed by atoms with E-state index in [9.17, 15) is 4.79 Å². The molecule has 0 aliphatic rings. The van der Waals surface area contributed by atoms with Crippen molar-refractivity contribution in [3.8, 4) is 0 Å². The van der Waals surface area contributed by atoms with E-state index in [2.05, 4.69) is 10.3 Å². The van der Waals surface area contributed by atoms with E-state index < -0.39 is 5.97 Å². The fourth-order valence-corrected chi connectivity index (χ4v) is 1.20. The van der Waals surface area contributed by atoms with Crippen molar-refractivity contribution < 1.29 is 9.90 Å². The highest BCUT2D eigenvalue weighted by molar-refractivity contribution is 5.93. The van der Waals surface area contributed by atoms with Crippen LogP contribution in [0.5, 0.6) is 0 Å². The van der Waals surface area contributed by atoms with E-state index in [1.54, 1.807) is 6.07 Å². The van der Waals surface area contributed by atoms with E-state index >= 15 is 0 Å². The number of carboxylic acid groups (broad SMARTS) is 1. The lowest BCUT2D eigenvalue weighted by molar-refractivity contribution is 0.0697. The minimum absolute atomic E-state index is 0.192. The predicted octanol–water partition coefficient (Wildman–Crippen LogP) is 0.849. The molecular weight excluding hydrogens is 194 g/mol. The van der Waals surface area contributed by atoms with E-state index in [0.717, 1.165) is 12.1 Å². The summed E-state index contributed by atoms with van der Waals surface area (Å²) in [7, 11) is 0. The van der Waals surface area contributed by atoms with Gasteiger partial charge in [0.15, 0.2) is 0 Å². The average molecular weight is 209 g/mol. The maximum atomic E-state index is 10.9. The number of hydrogen-bond donors (Lipinski definition) is 3. The number of carbonyl (C=O) groups is 1. The van der Waals surface area contributed by atoms with E-state index in [1.165, 1.54) is 6.20 Å². The number of rotatable bonds is 5. The molecule has 0 fully saturated rings. The monoisotopic (exact) mass is 209 g/mol. The standard InChI is InChI=1S/C10H15N3O2/c1-7-5-9(12-4-2-3-11)8(6-13-7)10(14)15/h5-6H,2-4,11H2,1H3,(H,12,13)(H,14,15). The lowest BCUT2D eigenvalue weighted by atomic mass is 10.2. The number of carboxylic acids is 1. The minimum atomic E-state index is -0.974. The van der Waals surface area contributed by atoms with E-state index in [1.807, 2.05) is 6.92 Å². The van der Waals surface area contributed by atoms with Crippen LogP contribution in [0.15, 0.2) is 12.3 Å². The molecule has 0 bridgehead atoms. The third kappa shape index (κ3) is 3.21. The zero-order valence-electron chi connectivity index (χ0n) is 8.66. The number of aromatic nitrogens is 1. The third-order valence-corrected chi connectivity index (χ3v) is 1.97. The molecule has 0 aliphatic carbocycles. The second-order valence-electron chi connectivity index (χ2n) is 3.25. The molecule has 82 valence electrons. The number of nitrogens with zero attached hydrogens (tertiary/aromatic N) is 1. The lowest BCUT2D eigenvalue weighted by Gasteiger charge is -2.09. The smallest absolute Gasteiger partial charge is 0.339 e. The molecule has 5 heteroatoms. The highest BCUT2D eigenvalue weighted by Gasteiger charge is 2.09. The Morgan fingerprint density at radius 1 is 1.67 bits per heavy atom. The molecule has 1 aromatic heterocycles. The quantitative estimate of drug-likeness (QED) is 0.626. The number of nitrogens with one attached hydrogen (secondary N) is 1. The first-order chi connectivity index (χ1) is 7.15. The van der Waals surface area contributed by atoms with Crippen LogP contribution in [0.25, 0.3) is 0 Å². The molecule has 0 radical (unpaired) electrons. The van der Waals surface area contributed by atoms with Crippen LogP contribution in [0.3, 0.4) is 0 Å². The maximum Gasteiger partial charge on any atom is 0.339 e. The van der Waals surface area contributed by atoms with Gasteiger partial charge in [0, 0.05) is 18.4 Å². The van der Waals surface area contributed by atoms with Crippen LogP contribution in [0, 0.1) is 6.92 Å². The Morgan fingerprint density at radius 2 is 2.40 bits per heavy atom. The number of hydrogen-bond acceptors (Lipinski definition) is 4. The number of pyridine rings is 1. The zero-order chi connectivity index (χ0) is 11.3.